The Balaban J connectivity index is 1.67. The molecule has 29 heavy (non-hydrogen) atoms. The molecule has 1 aliphatic rings. The van der Waals surface area contributed by atoms with E-state index in [9.17, 15) is 14.4 Å². The van der Waals surface area contributed by atoms with Crippen LogP contribution in [0.3, 0.4) is 0 Å². The van der Waals surface area contributed by atoms with Gasteiger partial charge in [0.05, 0.1) is 7.11 Å². The van der Waals surface area contributed by atoms with Crippen LogP contribution in [0.5, 0.6) is 0 Å². The maximum Gasteiger partial charge on any atom is 0.328 e. The van der Waals surface area contributed by atoms with Gasteiger partial charge in [0, 0.05) is 24.3 Å². The standard InChI is InChI=1S/C22H25N3O4/c1-14-5-4-6-18(11-14)20(26)25-10-9-17-8-7-16(12-19(17)25)13-23-22(28)24-15(2)21(27)29-3/h4-8,11-12,15H,9-10,13H2,1-3H3,(H2,23,24,28)/t15-/m0/s1. The molecule has 7 nitrogen and oxygen atoms in total. The van der Waals surface area contributed by atoms with Crippen LogP contribution in [0.25, 0.3) is 0 Å². The maximum absolute atomic E-state index is 13.0. The van der Waals surface area contributed by atoms with E-state index in [4.69, 9.17) is 0 Å². The summed E-state index contributed by atoms with van der Waals surface area (Å²) in [5.41, 5.74) is 4.56. The Labute approximate surface area is 170 Å². The number of urea groups is 1. The number of esters is 1. The highest BCUT2D eigenvalue weighted by molar-refractivity contribution is 6.07. The molecule has 152 valence electrons. The molecular weight excluding hydrogens is 370 g/mol. The highest BCUT2D eigenvalue weighted by Crippen LogP contribution is 2.30. The van der Waals surface area contributed by atoms with Crippen LogP contribution >= 0.6 is 0 Å². The summed E-state index contributed by atoms with van der Waals surface area (Å²) in [5, 5.41) is 5.24. The quantitative estimate of drug-likeness (QED) is 0.762. The molecule has 1 aliphatic heterocycles. The molecule has 0 unspecified atom stereocenters. The lowest BCUT2D eigenvalue weighted by molar-refractivity contribution is -0.142. The van der Waals surface area contributed by atoms with E-state index in [1.807, 2.05) is 49.4 Å². The van der Waals surface area contributed by atoms with E-state index < -0.39 is 18.0 Å². The second-order valence-corrected chi connectivity index (χ2v) is 7.11. The van der Waals surface area contributed by atoms with E-state index in [0.29, 0.717) is 12.1 Å². The van der Waals surface area contributed by atoms with E-state index in [1.54, 1.807) is 11.8 Å². The molecule has 3 rings (SSSR count). The molecule has 2 aromatic carbocycles. The minimum Gasteiger partial charge on any atom is -0.467 e. The van der Waals surface area contributed by atoms with Gasteiger partial charge >= 0.3 is 12.0 Å². The Bertz CT molecular complexity index is 941. The predicted octanol–water partition coefficient (Wildman–Crippen LogP) is 2.56. The SMILES string of the molecule is COC(=O)[C@H](C)NC(=O)NCc1ccc2c(c1)N(C(=O)c1cccc(C)c1)CC2. The fraction of sp³-hybridized carbons (Fsp3) is 0.318. The first kappa shape index (κ1) is 20.4. The van der Waals surface area contributed by atoms with E-state index in [1.165, 1.54) is 7.11 Å². The number of hydrogen-bond donors (Lipinski definition) is 2. The Morgan fingerprint density at radius 1 is 1.17 bits per heavy atom. The van der Waals surface area contributed by atoms with E-state index in [2.05, 4.69) is 15.4 Å². The number of aryl methyl sites for hydroxylation is 1. The normalized spacial score (nSPS) is 13.4. The summed E-state index contributed by atoms with van der Waals surface area (Å²) in [4.78, 5) is 38.1. The minimum atomic E-state index is -0.734. The van der Waals surface area contributed by atoms with Crippen molar-refractivity contribution in [2.45, 2.75) is 32.9 Å². The minimum absolute atomic E-state index is 0.0257. The third-order valence-electron chi connectivity index (χ3n) is 4.91. The largest absolute Gasteiger partial charge is 0.467 e. The van der Waals surface area contributed by atoms with Crippen molar-refractivity contribution in [3.05, 3.63) is 64.7 Å². The highest BCUT2D eigenvalue weighted by Gasteiger charge is 2.26. The lowest BCUT2D eigenvalue weighted by atomic mass is 10.1. The van der Waals surface area contributed by atoms with Crippen molar-refractivity contribution >= 4 is 23.6 Å². The number of nitrogens with one attached hydrogen (secondary N) is 2. The highest BCUT2D eigenvalue weighted by atomic mass is 16.5. The molecule has 0 aliphatic carbocycles. The van der Waals surface area contributed by atoms with Gasteiger partial charge in [-0.2, -0.15) is 0 Å². The fourth-order valence-corrected chi connectivity index (χ4v) is 3.35. The van der Waals surface area contributed by atoms with Gasteiger partial charge in [0.2, 0.25) is 0 Å². The van der Waals surface area contributed by atoms with Gasteiger partial charge in [-0.3, -0.25) is 4.79 Å². The zero-order chi connectivity index (χ0) is 21.0. The van der Waals surface area contributed by atoms with Crippen LogP contribution in [0.4, 0.5) is 10.5 Å². The Kier molecular flexibility index (Phi) is 6.16. The lowest BCUT2D eigenvalue weighted by Gasteiger charge is -2.19. The molecule has 3 amide bonds. The molecular formula is C22H25N3O4. The van der Waals surface area contributed by atoms with Crippen molar-refractivity contribution in [1.82, 2.24) is 10.6 Å². The van der Waals surface area contributed by atoms with Gasteiger partial charge in [0.1, 0.15) is 6.04 Å². The zero-order valence-corrected chi connectivity index (χ0v) is 16.8. The molecule has 2 N–H and O–H groups in total. The predicted molar refractivity (Wildman–Crippen MR) is 110 cm³/mol. The van der Waals surface area contributed by atoms with Crippen molar-refractivity contribution < 1.29 is 19.1 Å². The monoisotopic (exact) mass is 395 g/mol. The van der Waals surface area contributed by atoms with Crippen molar-refractivity contribution in [3.8, 4) is 0 Å². The van der Waals surface area contributed by atoms with Gasteiger partial charge in [0.15, 0.2) is 0 Å². The summed E-state index contributed by atoms with van der Waals surface area (Å²) in [6.07, 6.45) is 0.803. The topological polar surface area (TPSA) is 87.7 Å². The number of amides is 3. The van der Waals surface area contributed by atoms with Crippen molar-refractivity contribution in [2.75, 3.05) is 18.6 Å². The molecule has 7 heteroatoms. The van der Waals surface area contributed by atoms with Gasteiger partial charge in [-0.1, -0.05) is 29.8 Å². The number of carbonyl (C=O) groups excluding carboxylic acids is 3. The second kappa shape index (κ2) is 8.77. The van der Waals surface area contributed by atoms with Gasteiger partial charge in [-0.25, -0.2) is 9.59 Å². The Morgan fingerprint density at radius 3 is 2.69 bits per heavy atom. The lowest BCUT2D eigenvalue weighted by Crippen LogP contribution is -2.44. The van der Waals surface area contributed by atoms with Crippen molar-refractivity contribution in [1.29, 1.82) is 0 Å². The summed E-state index contributed by atoms with van der Waals surface area (Å²) in [6, 6.07) is 12.2. The summed E-state index contributed by atoms with van der Waals surface area (Å²) in [5.74, 6) is -0.537. The number of nitrogens with zero attached hydrogens (tertiary/aromatic N) is 1. The van der Waals surface area contributed by atoms with Crippen LogP contribution < -0.4 is 15.5 Å². The third kappa shape index (κ3) is 4.74. The number of methoxy groups -OCH3 is 1. The summed E-state index contributed by atoms with van der Waals surface area (Å²) >= 11 is 0. The number of ether oxygens (including phenoxy) is 1. The average Bonchev–Trinajstić information content (AvgIpc) is 3.14. The molecule has 1 heterocycles. The van der Waals surface area contributed by atoms with Gasteiger partial charge in [-0.05, 0) is 49.6 Å². The van der Waals surface area contributed by atoms with Crippen LogP contribution in [0.1, 0.15) is 34.0 Å². The Hall–Kier alpha value is -3.35. The fourth-order valence-electron chi connectivity index (χ4n) is 3.35. The maximum atomic E-state index is 13.0. The summed E-state index contributed by atoms with van der Waals surface area (Å²) < 4.78 is 4.59. The first-order chi connectivity index (χ1) is 13.9. The molecule has 0 fully saturated rings. The average molecular weight is 395 g/mol. The number of benzene rings is 2. The number of carbonyl (C=O) groups is 3. The first-order valence-corrected chi connectivity index (χ1v) is 9.51. The van der Waals surface area contributed by atoms with Crippen molar-refractivity contribution in [3.63, 3.8) is 0 Å². The molecule has 1 atom stereocenters. The van der Waals surface area contributed by atoms with E-state index in [-0.39, 0.29) is 12.5 Å². The Morgan fingerprint density at radius 2 is 1.97 bits per heavy atom. The van der Waals surface area contributed by atoms with E-state index >= 15 is 0 Å². The van der Waals surface area contributed by atoms with Gasteiger partial charge < -0.3 is 20.3 Å². The van der Waals surface area contributed by atoms with Crippen molar-refractivity contribution in [2.24, 2.45) is 0 Å². The first-order valence-electron chi connectivity index (χ1n) is 9.51. The molecule has 2 aromatic rings. The van der Waals surface area contributed by atoms with Crippen LogP contribution in [0, 0.1) is 6.92 Å². The van der Waals surface area contributed by atoms with Crippen LogP contribution in [0.2, 0.25) is 0 Å². The molecule has 0 radical (unpaired) electrons. The summed E-state index contributed by atoms with van der Waals surface area (Å²) in [7, 11) is 1.27. The zero-order valence-electron chi connectivity index (χ0n) is 16.8. The number of anilines is 1. The molecule has 0 saturated carbocycles. The number of rotatable bonds is 5. The number of fused-ring (bicyclic) bond motifs is 1. The van der Waals surface area contributed by atoms with Gasteiger partial charge in [-0.15, -0.1) is 0 Å². The molecule has 0 spiro atoms. The smallest absolute Gasteiger partial charge is 0.328 e. The van der Waals surface area contributed by atoms with E-state index in [0.717, 1.165) is 28.8 Å². The van der Waals surface area contributed by atoms with Crippen LogP contribution in [-0.2, 0) is 22.5 Å². The van der Waals surface area contributed by atoms with Crippen LogP contribution in [-0.4, -0.2) is 37.6 Å². The molecule has 0 saturated heterocycles. The molecule has 0 bridgehead atoms. The second-order valence-electron chi connectivity index (χ2n) is 7.11. The van der Waals surface area contributed by atoms with Crippen LogP contribution in [0.15, 0.2) is 42.5 Å². The molecule has 0 aromatic heterocycles. The summed E-state index contributed by atoms with van der Waals surface area (Å²) in [6.45, 7) is 4.43. The third-order valence-corrected chi connectivity index (χ3v) is 4.91. The van der Waals surface area contributed by atoms with Gasteiger partial charge in [0.25, 0.3) is 5.91 Å². The number of hydrogen-bond acceptors (Lipinski definition) is 4.